The zero-order chi connectivity index (χ0) is 12.4. The first kappa shape index (κ1) is 11.8. The SMILES string of the molecule is Ic1ccccc1-c1nnc(-c2ccccc2)s1. The molecule has 0 N–H and O–H groups in total. The number of benzene rings is 2. The summed E-state index contributed by atoms with van der Waals surface area (Å²) < 4.78 is 1.20. The first-order valence-corrected chi connectivity index (χ1v) is 7.38. The van der Waals surface area contributed by atoms with E-state index >= 15 is 0 Å². The molecule has 1 aromatic heterocycles. The predicted molar refractivity (Wildman–Crippen MR) is 83.5 cm³/mol. The minimum absolute atomic E-state index is 0.963. The summed E-state index contributed by atoms with van der Waals surface area (Å²) in [5, 5.41) is 10.5. The van der Waals surface area contributed by atoms with Crippen LogP contribution in [0.4, 0.5) is 0 Å². The molecule has 2 nitrogen and oxygen atoms in total. The van der Waals surface area contributed by atoms with E-state index in [-0.39, 0.29) is 0 Å². The molecule has 0 bridgehead atoms. The van der Waals surface area contributed by atoms with Gasteiger partial charge in [0.25, 0.3) is 0 Å². The minimum Gasteiger partial charge on any atom is -0.138 e. The van der Waals surface area contributed by atoms with Crippen LogP contribution in [0.15, 0.2) is 54.6 Å². The number of nitrogens with zero attached hydrogens (tertiary/aromatic N) is 2. The lowest BCUT2D eigenvalue weighted by Gasteiger charge is -1.97. The van der Waals surface area contributed by atoms with Crippen LogP contribution in [0.25, 0.3) is 21.1 Å². The van der Waals surface area contributed by atoms with Crippen molar-refractivity contribution in [1.29, 1.82) is 0 Å². The van der Waals surface area contributed by atoms with Crippen molar-refractivity contribution >= 4 is 33.9 Å². The summed E-state index contributed by atoms with van der Waals surface area (Å²) in [7, 11) is 0. The highest BCUT2D eigenvalue weighted by Crippen LogP contribution is 2.31. The second-order valence-corrected chi connectivity index (χ2v) is 5.90. The summed E-state index contributed by atoms with van der Waals surface area (Å²) in [4.78, 5) is 0. The third-order valence-corrected chi connectivity index (χ3v) is 4.50. The van der Waals surface area contributed by atoms with Crippen molar-refractivity contribution in [3.05, 3.63) is 58.2 Å². The van der Waals surface area contributed by atoms with Crippen LogP contribution in [-0.4, -0.2) is 10.2 Å². The van der Waals surface area contributed by atoms with Gasteiger partial charge in [-0.05, 0) is 28.7 Å². The summed E-state index contributed by atoms with van der Waals surface area (Å²) in [5.41, 5.74) is 2.27. The van der Waals surface area contributed by atoms with Crippen molar-refractivity contribution in [1.82, 2.24) is 10.2 Å². The van der Waals surface area contributed by atoms with Gasteiger partial charge in [0.05, 0.1) is 0 Å². The second-order valence-electron chi connectivity index (χ2n) is 3.76. The summed E-state index contributed by atoms with van der Waals surface area (Å²) >= 11 is 3.95. The van der Waals surface area contributed by atoms with Gasteiger partial charge in [0.2, 0.25) is 0 Å². The molecule has 2 aromatic carbocycles. The molecule has 0 saturated heterocycles. The highest BCUT2D eigenvalue weighted by atomic mass is 127. The second kappa shape index (κ2) is 5.16. The summed E-state index contributed by atoms with van der Waals surface area (Å²) in [6, 6.07) is 18.4. The van der Waals surface area contributed by atoms with E-state index in [1.54, 1.807) is 11.3 Å². The topological polar surface area (TPSA) is 25.8 Å². The van der Waals surface area contributed by atoms with Gasteiger partial charge < -0.3 is 0 Å². The lowest BCUT2D eigenvalue weighted by atomic mass is 10.2. The fourth-order valence-corrected chi connectivity index (χ4v) is 3.38. The van der Waals surface area contributed by atoms with Crippen LogP contribution in [0.5, 0.6) is 0 Å². The van der Waals surface area contributed by atoms with Crippen LogP contribution in [0.1, 0.15) is 0 Å². The minimum atomic E-state index is 0.963. The number of halogens is 1. The van der Waals surface area contributed by atoms with Crippen molar-refractivity contribution < 1.29 is 0 Å². The van der Waals surface area contributed by atoms with E-state index in [0.29, 0.717) is 0 Å². The fourth-order valence-electron chi connectivity index (χ4n) is 1.66. The zero-order valence-electron chi connectivity index (χ0n) is 9.38. The largest absolute Gasteiger partial charge is 0.149 e. The van der Waals surface area contributed by atoms with Crippen LogP contribution < -0.4 is 0 Å². The monoisotopic (exact) mass is 364 g/mol. The number of hydrogen-bond donors (Lipinski definition) is 0. The Labute approximate surface area is 123 Å². The number of hydrogen-bond acceptors (Lipinski definition) is 3. The average molecular weight is 364 g/mol. The van der Waals surface area contributed by atoms with Crippen molar-refractivity contribution in [2.75, 3.05) is 0 Å². The highest BCUT2D eigenvalue weighted by molar-refractivity contribution is 14.1. The molecule has 0 amide bonds. The zero-order valence-corrected chi connectivity index (χ0v) is 12.4. The van der Waals surface area contributed by atoms with Crippen molar-refractivity contribution in [2.24, 2.45) is 0 Å². The Morgan fingerprint density at radius 1 is 0.778 bits per heavy atom. The normalized spacial score (nSPS) is 10.5. The van der Waals surface area contributed by atoms with Crippen LogP contribution in [0, 0.1) is 3.57 Å². The number of aromatic nitrogens is 2. The predicted octanol–water partition coefficient (Wildman–Crippen LogP) is 4.48. The molecule has 0 aliphatic carbocycles. The van der Waals surface area contributed by atoms with E-state index in [4.69, 9.17) is 0 Å². The molecule has 0 aliphatic heterocycles. The van der Waals surface area contributed by atoms with E-state index in [9.17, 15) is 0 Å². The lowest BCUT2D eigenvalue weighted by Crippen LogP contribution is -1.80. The standard InChI is InChI=1S/C14H9IN2S/c15-12-9-5-4-8-11(12)14-17-16-13(18-14)10-6-2-1-3-7-10/h1-9H. The van der Waals surface area contributed by atoms with E-state index in [1.807, 2.05) is 30.3 Å². The number of rotatable bonds is 2. The molecule has 1 heterocycles. The Morgan fingerprint density at radius 2 is 1.44 bits per heavy atom. The molecule has 0 fully saturated rings. The summed E-state index contributed by atoms with van der Waals surface area (Å²) in [6.07, 6.45) is 0. The molecule has 3 rings (SSSR count). The molecule has 4 heteroatoms. The molecule has 0 aliphatic rings. The molecule has 0 radical (unpaired) electrons. The summed E-state index contributed by atoms with van der Waals surface area (Å²) in [6.45, 7) is 0. The molecule has 0 unspecified atom stereocenters. The fraction of sp³-hybridized carbons (Fsp3) is 0. The summed E-state index contributed by atoms with van der Waals surface area (Å²) in [5.74, 6) is 0. The third kappa shape index (κ3) is 2.30. The van der Waals surface area contributed by atoms with E-state index < -0.39 is 0 Å². The third-order valence-electron chi connectivity index (χ3n) is 2.55. The van der Waals surface area contributed by atoms with Crippen LogP contribution in [0.3, 0.4) is 0 Å². The van der Waals surface area contributed by atoms with Gasteiger partial charge in [0, 0.05) is 14.7 Å². The first-order chi connectivity index (χ1) is 8.84. The van der Waals surface area contributed by atoms with E-state index in [1.165, 1.54) is 3.57 Å². The Bertz CT molecular complexity index is 664. The Hall–Kier alpha value is -1.27. The highest BCUT2D eigenvalue weighted by Gasteiger charge is 2.10. The Balaban J connectivity index is 2.03. The first-order valence-electron chi connectivity index (χ1n) is 5.48. The maximum absolute atomic E-state index is 4.29. The van der Waals surface area contributed by atoms with Crippen molar-refractivity contribution in [2.45, 2.75) is 0 Å². The average Bonchev–Trinajstić information content (AvgIpc) is 2.90. The Morgan fingerprint density at radius 3 is 2.22 bits per heavy atom. The van der Waals surface area contributed by atoms with Gasteiger partial charge in [-0.2, -0.15) is 0 Å². The van der Waals surface area contributed by atoms with Gasteiger partial charge >= 0.3 is 0 Å². The molecule has 0 saturated carbocycles. The van der Waals surface area contributed by atoms with Gasteiger partial charge in [-0.1, -0.05) is 59.9 Å². The van der Waals surface area contributed by atoms with E-state index in [0.717, 1.165) is 21.1 Å². The van der Waals surface area contributed by atoms with Crippen molar-refractivity contribution in [3.8, 4) is 21.1 Å². The van der Waals surface area contributed by atoms with E-state index in [2.05, 4.69) is 57.1 Å². The lowest BCUT2D eigenvalue weighted by molar-refractivity contribution is 1.10. The van der Waals surface area contributed by atoms with Crippen LogP contribution in [0.2, 0.25) is 0 Å². The van der Waals surface area contributed by atoms with Crippen LogP contribution >= 0.6 is 33.9 Å². The molecule has 3 aromatic rings. The maximum Gasteiger partial charge on any atom is 0.149 e. The van der Waals surface area contributed by atoms with Gasteiger partial charge in [-0.25, -0.2) is 0 Å². The Kier molecular flexibility index (Phi) is 3.38. The van der Waals surface area contributed by atoms with Gasteiger partial charge in [0.1, 0.15) is 10.0 Å². The smallest absolute Gasteiger partial charge is 0.138 e. The van der Waals surface area contributed by atoms with Gasteiger partial charge in [-0.15, -0.1) is 10.2 Å². The van der Waals surface area contributed by atoms with Gasteiger partial charge in [0.15, 0.2) is 0 Å². The molecule has 0 atom stereocenters. The van der Waals surface area contributed by atoms with Crippen molar-refractivity contribution in [3.63, 3.8) is 0 Å². The molecular weight excluding hydrogens is 355 g/mol. The quantitative estimate of drug-likeness (QED) is 0.627. The molecule has 0 spiro atoms. The molecule has 88 valence electrons. The van der Waals surface area contributed by atoms with Crippen LogP contribution in [-0.2, 0) is 0 Å². The molecular formula is C14H9IN2S. The maximum atomic E-state index is 4.29. The van der Waals surface area contributed by atoms with Gasteiger partial charge in [-0.3, -0.25) is 0 Å². The molecule has 18 heavy (non-hydrogen) atoms.